The summed E-state index contributed by atoms with van der Waals surface area (Å²) in [7, 11) is 1.67. The van der Waals surface area contributed by atoms with Gasteiger partial charge in [0, 0.05) is 12.7 Å². The lowest BCUT2D eigenvalue weighted by Gasteiger charge is -2.09. The number of fused-ring (bicyclic) bond motifs is 5. The number of aryl methyl sites for hydroxylation is 2. The number of ether oxygens (including phenoxy) is 1. The molecule has 0 saturated carbocycles. The Bertz CT molecular complexity index is 862. The largest absolute Gasteiger partial charge is 0.377 e. The highest BCUT2D eigenvalue weighted by Gasteiger charge is 2.24. The lowest BCUT2D eigenvalue weighted by atomic mass is 10.1. The van der Waals surface area contributed by atoms with Crippen molar-refractivity contribution in [2.75, 3.05) is 7.11 Å². The molecule has 0 unspecified atom stereocenters. The molecule has 0 atom stereocenters. The third-order valence-electron chi connectivity index (χ3n) is 4.14. The van der Waals surface area contributed by atoms with Crippen molar-refractivity contribution in [1.29, 1.82) is 0 Å². The predicted molar refractivity (Wildman–Crippen MR) is 81.9 cm³/mol. The van der Waals surface area contributed by atoms with Crippen molar-refractivity contribution in [3.63, 3.8) is 0 Å². The van der Waals surface area contributed by atoms with E-state index in [2.05, 4.69) is 49.4 Å². The molecular formula is C16H17N5O. The highest BCUT2D eigenvalue weighted by molar-refractivity contribution is 5.70. The quantitative estimate of drug-likeness (QED) is 0.569. The minimum atomic E-state index is 0.446. The molecule has 3 heterocycles. The van der Waals surface area contributed by atoms with Crippen LogP contribution in [0.25, 0.3) is 17.1 Å². The molecule has 1 aliphatic heterocycles. The molecule has 1 aromatic carbocycles. The molecule has 0 bridgehead atoms. The van der Waals surface area contributed by atoms with Gasteiger partial charge in [-0.3, -0.25) is 0 Å². The molecule has 0 spiro atoms. The molecule has 2 aromatic heterocycles. The first-order chi connectivity index (χ1) is 10.7. The molecule has 1 aliphatic rings. The number of hydrogen-bond acceptors (Lipinski definition) is 4. The van der Waals surface area contributed by atoms with Crippen molar-refractivity contribution in [3.05, 3.63) is 47.3 Å². The van der Waals surface area contributed by atoms with Gasteiger partial charge in [-0.25, -0.2) is 4.98 Å². The molecule has 0 N–H and O–H groups in total. The van der Waals surface area contributed by atoms with Crippen LogP contribution in [0, 0.1) is 13.8 Å². The molecule has 0 radical (unpaired) electrons. The number of benzene rings is 1. The fourth-order valence-corrected chi connectivity index (χ4v) is 2.99. The second-order valence-electron chi connectivity index (χ2n) is 5.63. The third kappa shape index (κ3) is 1.80. The Labute approximate surface area is 128 Å². The minimum absolute atomic E-state index is 0.446. The zero-order chi connectivity index (χ0) is 15.3. The molecular weight excluding hydrogens is 278 g/mol. The van der Waals surface area contributed by atoms with E-state index in [1.165, 1.54) is 5.56 Å². The van der Waals surface area contributed by atoms with Gasteiger partial charge in [0.15, 0.2) is 11.6 Å². The smallest absolute Gasteiger partial charge is 0.166 e. The van der Waals surface area contributed by atoms with Crippen molar-refractivity contribution >= 4 is 0 Å². The second-order valence-corrected chi connectivity index (χ2v) is 5.63. The summed E-state index contributed by atoms with van der Waals surface area (Å²) in [5.74, 6) is 1.72. The number of hydrogen-bond donors (Lipinski definition) is 0. The minimum Gasteiger partial charge on any atom is -0.377 e. The Morgan fingerprint density at radius 1 is 1.23 bits per heavy atom. The zero-order valence-corrected chi connectivity index (χ0v) is 12.9. The number of imidazole rings is 1. The van der Waals surface area contributed by atoms with Crippen molar-refractivity contribution < 1.29 is 4.74 Å². The molecule has 6 heteroatoms. The molecule has 3 aromatic rings. The summed E-state index contributed by atoms with van der Waals surface area (Å²) in [6.45, 7) is 5.26. The first-order valence-electron chi connectivity index (χ1n) is 7.24. The van der Waals surface area contributed by atoms with Crippen molar-refractivity contribution in [2.45, 2.75) is 27.0 Å². The van der Waals surface area contributed by atoms with E-state index >= 15 is 0 Å². The monoisotopic (exact) mass is 295 g/mol. The maximum absolute atomic E-state index is 5.26. The van der Waals surface area contributed by atoms with Crippen LogP contribution in [0.3, 0.4) is 0 Å². The van der Waals surface area contributed by atoms with Gasteiger partial charge in [0.25, 0.3) is 0 Å². The molecule has 0 saturated heterocycles. The molecule has 0 aliphatic carbocycles. The van der Waals surface area contributed by atoms with Crippen LogP contribution < -0.4 is 0 Å². The second kappa shape index (κ2) is 4.78. The van der Waals surface area contributed by atoms with Crippen LogP contribution in [0.4, 0.5) is 0 Å². The van der Waals surface area contributed by atoms with Crippen LogP contribution in [0.2, 0.25) is 0 Å². The zero-order valence-electron chi connectivity index (χ0n) is 12.9. The summed E-state index contributed by atoms with van der Waals surface area (Å²) in [5, 5.41) is 8.71. The molecule has 112 valence electrons. The van der Waals surface area contributed by atoms with Gasteiger partial charge in [-0.15, -0.1) is 10.2 Å². The molecule has 4 rings (SSSR count). The highest BCUT2D eigenvalue weighted by atomic mass is 16.5. The first-order valence-corrected chi connectivity index (χ1v) is 7.24. The van der Waals surface area contributed by atoms with Gasteiger partial charge in [0.1, 0.15) is 6.61 Å². The number of nitrogens with zero attached hydrogens (tertiary/aromatic N) is 5. The Morgan fingerprint density at radius 3 is 2.91 bits per heavy atom. The van der Waals surface area contributed by atoms with E-state index < -0.39 is 0 Å². The van der Waals surface area contributed by atoms with Crippen LogP contribution >= 0.6 is 0 Å². The van der Waals surface area contributed by atoms with Gasteiger partial charge in [-0.2, -0.15) is 0 Å². The summed E-state index contributed by atoms with van der Waals surface area (Å²) in [4.78, 5) is 4.47. The van der Waals surface area contributed by atoms with Gasteiger partial charge >= 0.3 is 0 Å². The van der Waals surface area contributed by atoms with Crippen LogP contribution in [0.5, 0.6) is 0 Å². The van der Waals surface area contributed by atoms with Gasteiger partial charge in [0.2, 0.25) is 0 Å². The van der Waals surface area contributed by atoms with Gasteiger partial charge in [-0.1, -0.05) is 11.6 Å². The van der Waals surface area contributed by atoms with Crippen molar-refractivity contribution in [1.82, 2.24) is 24.3 Å². The van der Waals surface area contributed by atoms with E-state index in [-0.39, 0.29) is 0 Å². The number of aromatic nitrogens is 5. The normalized spacial score (nSPS) is 12.5. The summed E-state index contributed by atoms with van der Waals surface area (Å²) in [5.41, 5.74) is 5.54. The molecule has 6 nitrogen and oxygen atoms in total. The summed E-state index contributed by atoms with van der Waals surface area (Å²) in [6.07, 6.45) is 1.88. The van der Waals surface area contributed by atoms with E-state index in [1.807, 2.05) is 13.3 Å². The standard InChI is InChI=1S/C16H17N5O/c1-10-4-5-13-12(6-10)16-19-18-15(8-22-3)20(16)7-14-11(2)17-9-21(13)14/h4-6,9H,7-8H2,1-3H3. The van der Waals surface area contributed by atoms with E-state index in [0.29, 0.717) is 13.2 Å². The lowest BCUT2D eigenvalue weighted by Crippen LogP contribution is -2.08. The van der Waals surface area contributed by atoms with Crippen LogP contribution in [-0.2, 0) is 17.9 Å². The summed E-state index contributed by atoms with van der Waals surface area (Å²) in [6, 6.07) is 6.38. The Morgan fingerprint density at radius 2 is 2.09 bits per heavy atom. The van der Waals surface area contributed by atoms with Crippen LogP contribution in [-0.4, -0.2) is 31.4 Å². The van der Waals surface area contributed by atoms with Gasteiger partial charge in [-0.05, 0) is 26.0 Å². The average Bonchev–Trinajstić information content (AvgIpc) is 3.02. The molecule has 22 heavy (non-hydrogen) atoms. The number of rotatable bonds is 2. The fourth-order valence-electron chi connectivity index (χ4n) is 2.99. The maximum Gasteiger partial charge on any atom is 0.166 e. The topological polar surface area (TPSA) is 57.8 Å². The predicted octanol–water partition coefficient (Wildman–Crippen LogP) is 2.26. The van der Waals surface area contributed by atoms with Crippen LogP contribution in [0.15, 0.2) is 24.5 Å². The van der Waals surface area contributed by atoms with E-state index in [4.69, 9.17) is 4.74 Å². The fraction of sp³-hybridized carbons (Fsp3) is 0.312. The van der Waals surface area contributed by atoms with E-state index in [1.54, 1.807) is 7.11 Å². The average molecular weight is 295 g/mol. The highest BCUT2D eigenvalue weighted by Crippen LogP contribution is 2.32. The third-order valence-corrected chi connectivity index (χ3v) is 4.14. The van der Waals surface area contributed by atoms with Crippen molar-refractivity contribution in [2.24, 2.45) is 0 Å². The van der Waals surface area contributed by atoms with E-state index in [0.717, 1.165) is 34.3 Å². The molecule has 0 amide bonds. The first kappa shape index (κ1) is 13.2. The number of methoxy groups -OCH3 is 1. The van der Waals surface area contributed by atoms with Gasteiger partial charge in [0.05, 0.1) is 29.9 Å². The lowest BCUT2D eigenvalue weighted by molar-refractivity contribution is 0.174. The Balaban J connectivity index is 2.04. The Kier molecular flexibility index (Phi) is 2.87. The van der Waals surface area contributed by atoms with Crippen LogP contribution in [0.1, 0.15) is 22.8 Å². The van der Waals surface area contributed by atoms with Crippen molar-refractivity contribution in [3.8, 4) is 17.1 Å². The molecule has 0 fully saturated rings. The Hall–Kier alpha value is -2.47. The van der Waals surface area contributed by atoms with E-state index in [9.17, 15) is 0 Å². The SMILES string of the molecule is COCc1nnc2n1Cc1c(C)ncn1-c1ccc(C)cc1-2. The summed E-state index contributed by atoms with van der Waals surface area (Å²) < 4.78 is 9.53. The maximum atomic E-state index is 5.26. The summed E-state index contributed by atoms with van der Waals surface area (Å²) >= 11 is 0. The van der Waals surface area contributed by atoms with Gasteiger partial charge < -0.3 is 13.9 Å².